The Morgan fingerprint density at radius 2 is 1.91 bits per heavy atom. The van der Waals surface area contributed by atoms with E-state index in [9.17, 15) is 4.79 Å². The van der Waals surface area contributed by atoms with E-state index in [1.807, 2.05) is 0 Å². The molecule has 4 fully saturated rings. The van der Waals surface area contributed by atoms with Gasteiger partial charge >= 0.3 is 7.12 Å². The van der Waals surface area contributed by atoms with Crippen molar-refractivity contribution in [2.75, 3.05) is 0 Å². The van der Waals surface area contributed by atoms with E-state index in [1.165, 1.54) is 24.8 Å². The van der Waals surface area contributed by atoms with Gasteiger partial charge in [-0.3, -0.25) is 4.79 Å². The molecule has 4 aliphatic rings. The average molecular weight is 453 g/mol. The van der Waals surface area contributed by atoms with Gasteiger partial charge in [0.25, 0.3) is 0 Å². The van der Waals surface area contributed by atoms with Gasteiger partial charge in [-0.2, -0.15) is 0 Å². The van der Waals surface area contributed by atoms with Crippen molar-refractivity contribution in [1.29, 1.82) is 0 Å². The molecule has 3 unspecified atom stereocenters. The lowest BCUT2D eigenvalue weighted by atomic mass is 9.43. The highest BCUT2D eigenvalue weighted by atomic mass is 16.7. The van der Waals surface area contributed by atoms with E-state index in [-0.39, 0.29) is 36.7 Å². The summed E-state index contributed by atoms with van der Waals surface area (Å²) in [7, 11) is -0.230. The lowest BCUT2D eigenvalue weighted by Crippen LogP contribution is -2.65. The maximum Gasteiger partial charge on any atom is 0.459 e. The molecule has 1 saturated heterocycles. The summed E-state index contributed by atoms with van der Waals surface area (Å²) in [5, 5.41) is 3.37. The summed E-state index contributed by atoms with van der Waals surface area (Å²) in [6, 6.07) is 10.6. The van der Waals surface area contributed by atoms with Crippen molar-refractivity contribution in [2.45, 2.75) is 110 Å². The first-order valence-electron chi connectivity index (χ1n) is 13.4. The number of carbonyl (C=O) groups excluding carboxylic acids is 1. The van der Waals surface area contributed by atoms with Gasteiger partial charge in [0, 0.05) is 18.3 Å². The van der Waals surface area contributed by atoms with Crippen LogP contribution in [0.3, 0.4) is 0 Å². The molecular formula is C28H44BNO3. The first-order valence-corrected chi connectivity index (χ1v) is 13.4. The van der Waals surface area contributed by atoms with Crippen LogP contribution < -0.4 is 5.32 Å². The van der Waals surface area contributed by atoms with Gasteiger partial charge in [0.15, 0.2) is 0 Å². The van der Waals surface area contributed by atoms with E-state index < -0.39 is 0 Å². The number of unbranched alkanes of at least 4 members (excludes halogenated alkanes) is 2. The Labute approximate surface area is 201 Å². The second-order valence-corrected chi connectivity index (χ2v) is 11.8. The van der Waals surface area contributed by atoms with Gasteiger partial charge in [0.05, 0.1) is 11.7 Å². The van der Waals surface area contributed by atoms with Crippen LogP contribution in [0.1, 0.15) is 85.1 Å². The van der Waals surface area contributed by atoms with Crippen LogP contribution in [0.25, 0.3) is 0 Å². The smallest absolute Gasteiger partial charge is 0.405 e. The molecule has 6 atom stereocenters. The van der Waals surface area contributed by atoms with Crippen molar-refractivity contribution in [3.05, 3.63) is 35.9 Å². The molecule has 2 bridgehead atoms. The van der Waals surface area contributed by atoms with Crippen LogP contribution in [-0.4, -0.2) is 30.8 Å². The fourth-order valence-electron chi connectivity index (χ4n) is 6.69. The fraction of sp³-hybridized carbons (Fsp3) is 0.750. The fourth-order valence-corrected chi connectivity index (χ4v) is 6.69. The van der Waals surface area contributed by atoms with Gasteiger partial charge in [-0.1, -0.05) is 77.3 Å². The molecule has 3 aliphatic carbocycles. The monoisotopic (exact) mass is 453 g/mol. The normalized spacial score (nSPS) is 31.4. The van der Waals surface area contributed by atoms with Crippen LogP contribution in [0, 0.1) is 23.2 Å². The van der Waals surface area contributed by atoms with Crippen LogP contribution in [0.4, 0.5) is 0 Å². The Morgan fingerprint density at radius 3 is 2.61 bits per heavy atom. The molecule has 1 amide bonds. The minimum Gasteiger partial charge on any atom is -0.405 e. The average Bonchev–Trinajstić information content (AvgIpc) is 3.13. The number of amides is 1. The van der Waals surface area contributed by atoms with E-state index in [0.717, 1.165) is 44.3 Å². The molecule has 1 aromatic carbocycles. The zero-order valence-corrected chi connectivity index (χ0v) is 21.4. The molecule has 1 aromatic rings. The van der Waals surface area contributed by atoms with Crippen LogP contribution in [-0.2, 0) is 20.5 Å². The highest BCUT2D eigenvalue weighted by molar-refractivity contribution is 6.45. The highest BCUT2D eigenvalue weighted by Crippen LogP contribution is 2.65. The quantitative estimate of drug-likeness (QED) is 0.328. The zero-order valence-electron chi connectivity index (χ0n) is 21.4. The maximum absolute atomic E-state index is 13.0. The van der Waals surface area contributed by atoms with E-state index in [1.54, 1.807) is 0 Å². The third-order valence-corrected chi connectivity index (χ3v) is 9.14. The molecule has 0 aromatic heterocycles. The predicted molar refractivity (Wildman–Crippen MR) is 135 cm³/mol. The largest absolute Gasteiger partial charge is 0.459 e. The topological polar surface area (TPSA) is 47.6 Å². The first kappa shape index (κ1) is 24.8. The van der Waals surface area contributed by atoms with Crippen molar-refractivity contribution < 1.29 is 14.1 Å². The van der Waals surface area contributed by atoms with Crippen molar-refractivity contribution in [3.63, 3.8) is 0 Å². The number of aryl methyl sites for hydroxylation is 1. The van der Waals surface area contributed by atoms with Gasteiger partial charge in [0.1, 0.15) is 0 Å². The highest BCUT2D eigenvalue weighted by Gasteiger charge is 2.67. The summed E-state index contributed by atoms with van der Waals surface area (Å²) < 4.78 is 13.2. The molecule has 4 nitrogen and oxygen atoms in total. The van der Waals surface area contributed by atoms with Crippen molar-refractivity contribution in [1.82, 2.24) is 5.32 Å². The number of nitrogens with one attached hydrogen (secondary N) is 1. The second-order valence-electron chi connectivity index (χ2n) is 11.8. The van der Waals surface area contributed by atoms with Crippen molar-refractivity contribution in [2.24, 2.45) is 23.2 Å². The zero-order chi connectivity index (χ0) is 23.6. The molecule has 3 saturated carbocycles. The number of carbonyl (C=O) groups is 1. The predicted octanol–water partition coefficient (Wildman–Crippen LogP) is 6.05. The second kappa shape index (κ2) is 10.1. The van der Waals surface area contributed by atoms with Crippen molar-refractivity contribution >= 4 is 13.0 Å². The SMILES string of the molecule is CCCCC[C@H](C)C(=O)N[C@H](CCc1ccccc1)CB1OC2CC3CC(C3(C)C)[C@@]2(C)O1. The van der Waals surface area contributed by atoms with Gasteiger partial charge in [-0.15, -0.1) is 0 Å². The Kier molecular flexibility index (Phi) is 7.60. The Hall–Kier alpha value is -1.33. The van der Waals surface area contributed by atoms with Gasteiger partial charge < -0.3 is 14.6 Å². The summed E-state index contributed by atoms with van der Waals surface area (Å²) >= 11 is 0. The number of rotatable bonds is 11. The molecule has 0 spiro atoms. The molecule has 33 heavy (non-hydrogen) atoms. The molecule has 0 radical (unpaired) electrons. The van der Waals surface area contributed by atoms with E-state index in [4.69, 9.17) is 9.31 Å². The van der Waals surface area contributed by atoms with Crippen LogP contribution in [0.15, 0.2) is 30.3 Å². The summed E-state index contributed by atoms with van der Waals surface area (Å²) in [6.07, 6.45) is 9.58. The van der Waals surface area contributed by atoms with E-state index >= 15 is 0 Å². The standard InChI is InChI=1S/C28H44BNO3/c1-6-7-9-12-20(2)26(31)30-23(16-15-21-13-10-8-11-14-21)19-29-32-25-18-22-17-24(27(22,3)4)28(25,5)33-29/h8,10-11,13-14,20,22-25H,6-7,9,12,15-19H2,1-5H3,(H,30,31)/t20-,22?,23+,24?,25?,28+/m0/s1. The minimum atomic E-state index is -0.230. The van der Waals surface area contributed by atoms with E-state index in [0.29, 0.717) is 11.3 Å². The number of hydrogen-bond donors (Lipinski definition) is 1. The first-order chi connectivity index (χ1) is 15.7. The third kappa shape index (κ3) is 5.20. The Balaban J connectivity index is 1.38. The summed E-state index contributed by atoms with van der Waals surface area (Å²) in [6.45, 7) is 11.3. The molecular weight excluding hydrogens is 409 g/mol. The Bertz CT molecular complexity index is 800. The lowest BCUT2D eigenvalue weighted by molar-refractivity contribution is -0.199. The van der Waals surface area contributed by atoms with Crippen LogP contribution >= 0.6 is 0 Å². The summed E-state index contributed by atoms with van der Waals surface area (Å²) in [4.78, 5) is 13.0. The lowest BCUT2D eigenvalue weighted by Gasteiger charge is -2.64. The molecule has 5 heteroatoms. The molecule has 1 N–H and O–H groups in total. The van der Waals surface area contributed by atoms with Gasteiger partial charge in [-0.05, 0) is 61.8 Å². The minimum absolute atomic E-state index is 0.0503. The summed E-state index contributed by atoms with van der Waals surface area (Å²) in [5.74, 6) is 1.54. The molecule has 1 aliphatic heterocycles. The van der Waals surface area contributed by atoms with Crippen molar-refractivity contribution in [3.8, 4) is 0 Å². The van der Waals surface area contributed by atoms with Gasteiger partial charge in [-0.25, -0.2) is 0 Å². The maximum atomic E-state index is 13.0. The molecule has 5 rings (SSSR count). The van der Waals surface area contributed by atoms with Gasteiger partial charge in [0.2, 0.25) is 5.91 Å². The van der Waals surface area contributed by atoms with E-state index in [2.05, 4.69) is 70.3 Å². The molecule has 182 valence electrons. The number of benzene rings is 1. The Morgan fingerprint density at radius 1 is 1.15 bits per heavy atom. The number of hydrogen-bond acceptors (Lipinski definition) is 3. The van der Waals surface area contributed by atoms with Crippen LogP contribution in [0.2, 0.25) is 6.32 Å². The molecule has 1 heterocycles. The summed E-state index contributed by atoms with van der Waals surface area (Å²) in [5.41, 5.74) is 1.46. The third-order valence-electron chi connectivity index (χ3n) is 9.14. The van der Waals surface area contributed by atoms with Crippen LogP contribution in [0.5, 0.6) is 0 Å².